The van der Waals surface area contributed by atoms with Crippen molar-refractivity contribution in [3.05, 3.63) is 48.0 Å². The number of hydrogen-bond acceptors (Lipinski definition) is 5. The van der Waals surface area contributed by atoms with E-state index in [2.05, 4.69) is 10.0 Å². The second-order valence-corrected chi connectivity index (χ2v) is 7.47. The Morgan fingerprint density at radius 1 is 1.15 bits per heavy atom. The molecule has 1 amide bonds. The van der Waals surface area contributed by atoms with E-state index in [0.717, 1.165) is 0 Å². The van der Waals surface area contributed by atoms with Crippen molar-refractivity contribution >= 4 is 39.7 Å². The number of carbonyl (C=O) groups excluding carboxylic acids is 1. The first-order chi connectivity index (χ1) is 12.2. The minimum atomic E-state index is -3.82. The van der Waals surface area contributed by atoms with Gasteiger partial charge in [0.05, 0.1) is 17.5 Å². The van der Waals surface area contributed by atoms with E-state index in [9.17, 15) is 13.2 Å². The SMILES string of the molecule is CCOc1ccc(NS(=O)(=O)c2cc(NC(=O)[C@H](C)N)ccc2C)cc1.Cl. The van der Waals surface area contributed by atoms with Crippen LogP contribution in [-0.4, -0.2) is 27.0 Å². The second-order valence-electron chi connectivity index (χ2n) is 5.82. The van der Waals surface area contributed by atoms with Gasteiger partial charge in [-0.3, -0.25) is 9.52 Å². The molecule has 0 unspecified atom stereocenters. The van der Waals surface area contributed by atoms with Gasteiger partial charge < -0.3 is 15.8 Å². The number of hydrogen-bond donors (Lipinski definition) is 3. The summed E-state index contributed by atoms with van der Waals surface area (Å²) in [6.45, 7) is 5.64. The number of aryl methyl sites for hydroxylation is 1. The fraction of sp³-hybridized carbons (Fsp3) is 0.278. The number of anilines is 2. The van der Waals surface area contributed by atoms with E-state index in [0.29, 0.717) is 29.3 Å². The number of benzene rings is 2. The molecule has 4 N–H and O–H groups in total. The maximum absolute atomic E-state index is 12.7. The maximum Gasteiger partial charge on any atom is 0.262 e. The minimum absolute atomic E-state index is 0. The van der Waals surface area contributed by atoms with E-state index in [4.69, 9.17) is 10.5 Å². The molecule has 9 heteroatoms. The van der Waals surface area contributed by atoms with E-state index < -0.39 is 22.0 Å². The number of carbonyl (C=O) groups is 1. The van der Waals surface area contributed by atoms with E-state index in [1.54, 1.807) is 50.2 Å². The summed E-state index contributed by atoms with van der Waals surface area (Å²) >= 11 is 0. The van der Waals surface area contributed by atoms with E-state index >= 15 is 0 Å². The molecule has 0 heterocycles. The van der Waals surface area contributed by atoms with Crippen LogP contribution < -0.4 is 20.5 Å². The number of amides is 1. The Kier molecular flexibility index (Phi) is 8.08. The zero-order chi connectivity index (χ0) is 19.3. The summed E-state index contributed by atoms with van der Waals surface area (Å²) in [6.07, 6.45) is 0. The van der Waals surface area contributed by atoms with E-state index in [-0.39, 0.29) is 17.3 Å². The van der Waals surface area contributed by atoms with Gasteiger partial charge in [-0.25, -0.2) is 8.42 Å². The Bertz CT molecular complexity index is 884. The first kappa shape index (κ1) is 22.8. The Morgan fingerprint density at radius 3 is 2.30 bits per heavy atom. The lowest BCUT2D eigenvalue weighted by molar-refractivity contribution is -0.117. The summed E-state index contributed by atoms with van der Waals surface area (Å²) in [6, 6.07) is 10.6. The average molecular weight is 414 g/mol. The first-order valence-electron chi connectivity index (χ1n) is 8.15. The van der Waals surface area contributed by atoms with Crippen LogP contribution in [0.15, 0.2) is 47.4 Å². The highest BCUT2D eigenvalue weighted by molar-refractivity contribution is 7.92. The van der Waals surface area contributed by atoms with Crippen LogP contribution in [0.4, 0.5) is 11.4 Å². The molecule has 27 heavy (non-hydrogen) atoms. The molecule has 2 rings (SSSR count). The van der Waals surface area contributed by atoms with Crippen molar-refractivity contribution in [2.24, 2.45) is 5.73 Å². The lowest BCUT2D eigenvalue weighted by Crippen LogP contribution is -2.32. The number of ether oxygens (including phenoxy) is 1. The smallest absolute Gasteiger partial charge is 0.262 e. The van der Waals surface area contributed by atoms with Crippen molar-refractivity contribution in [3.63, 3.8) is 0 Å². The van der Waals surface area contributed by atoms with Gasteiger partial charge in [-0.05, 0) is 62.7 Å². The Hall–Kier alpha value is -2.29. The summed E-state index contributed by atoms with van der Waals surface area (Å²) in [5.41, 5.74) is 6.86. The molecule has 1 atom stereocenters. The summed E-state index contributed by atoms with van der Waals surface area (Å²) in [5.74, 6) is 0.268. The van der Waals surface area contributed by atoms with Crippen molar-refractivity contribution in [1.29, 1.82) is 0 Å². The van der Waals surface area contributed by atoms with Crippen molar-refractivity contribution in [3.8, 4) is 5.75 Å². The summed E-state index contributed by atoms with van der Waals surface area (Å²) in [7, 11) is -3.82. The maximum atomic E-state index is 12.7. The summed E-state index contributed by atoms with van der Waals surface area (Å²) in [5, 5.41) is 2.59. The van der Waals surface area contributed by atoms with Crippen molar-refractivity contribution in [2.75, 3.05) is 16.6 Å². The summed E-state index contributed by atoms with van der Waals surface area (Å²) in [4.78, 5) is 11.8. The van der Waals surface area contributed by atoms with Crippen molar-refractivity contribution < 1.29 is 17.9 Å². The van der Waals surface area contributed by atoms with Crippen LogP contribution in [0.3, 0.4) is 0 Å². The van der Waals surface area contributed by atoms with Gasteiger partial charge in [0.2, 0.25) is 5.91 Å². The number of nitrogens with one attached hydrogen (secondary N) is 2. The molecule has 0 bridgehead atoms. The molecule has 2 aromatic rings. The van der Waals surface area contributed by atoms with Gasteiger partial charge in [0, 0.05) is 11.4 Å². The van der Waals surface area contributed by atoms with Crippen LogP contribution in [0.2, 0.25) is 0 Å². The van der Waals surface area contributed by atoms with Crippen molar-refractivity contribution in [2.45, 2.75) is 31.7 Å². The molecule has 0 saturated heterocycles. The Balaban J connectivity index is 0.00000364. The van der Waals surface area contributed by atoms with Gasteiger partial charge >= 0.3 is 0 Å². The Morgan fingerprint density at radius 2 is 1.74 bits per heavy atom. The van der Waals surface area contributed by atoms with Gasteiger partial charge in [-0.15, -0.1) is 12.4 Å². The van der Waals surface area contributed by atoms with Crippen molar-refractivity contribution in [1.82, 2.24) is 0 Å². The topological polar surface area (TPSA) is 111 Å². The average Bonchev–Trinajstić information content (AvgIpc) is 2.58. The summed E-state index contributed by atoms with van der Waals surface area (Å²) < 4.78 is 33.3. The highest BCUT2D eigenvalue weighted by Gasteiger charge is 2.18. The third-order valence-corrected chi connectivity index (χ3v) is 5.10. The van der Waals surface area contributed by atoms with Gasteiger partial charge in [0.15, 0.2) is 0 Å². The normalized spacial score (nSPS) is 11.9. The lowest BCUT2D eigenvalue weighted by atomic mass is 10.2. The highest BCUT2D eigenvalue weighted by atomic mass is 35.5. The quantitative estimate of drug-likeness (QED) is 0.646. The fourth-order valence-corrected chi connectivity index (χ4v) is 3.55. The van der Waals surface area contributed by atoms with Crippen LogP contribution in [0.1, 0.15) is 19.4 Å². The highest BCUT2D eigenvalue weighted by Crippen LogP contribution is 2.24. The zero-order valence-electron chi connectivity index (χ0n) is 15.4. The van der Waals surface area contributed by atoms with Gasteiger partial charge in [-0.2, -0.15) is 0 Å². The molecule has 0 aliphatic heterocycles. The predicted octanol–water partition coefficient (Wildman–Crippen LogP) is 2.90. The third-order valence-electron chi connectivity index (χ3n) is 3.58. The van der Waals surface area contributed by atoms with Crippen LogP contribution >= 0.6 is 12.4 Å². The molecular weight excluding hydrogens is 390 g/mol. The van der Waals surface area contributed by atoms with Crippen LogP contribution in [0.25, 0.3) is 0 Å². The van der Waals surface area contributed by atoms with Gasteiger partial charge in [0.1, 0.15) is 5.75 Å². The zero-order valence-corrected chi connectivity index (χ0v) is 17.0. The lowest BCUT2D eigenvalue weighted by Gasteiger charge is -2.14. The van der Waals surface area contributed by atoms with Gasteiger partial charge in [0.25, 0.3) is 10.0 Å². The molecule has 0 radical (unpaired) electrons. The van der Waals surface area contributed by atoms with Crippen LogP contribution in [0.5, 0.6) is 5.75 Å². The number of halogens is 1. The molecule has 0 aromatic heterocycles. The largest absolute Gasteiger partial charge is 0.494 e. The standard InChI is InChI=1S/C18H23N3O4S.ClH/c1-4-25-16-9-7-14(8-10-16)21-26(23,24)17-11-15(6-5-12(17)2)20-18(22)13(3)19;/h5-11,13,21H,4,19H2,1-3H3,(H,20,22);1H/t13-;/m0./s1. The monoisotopic (exact) mass is 413 g/mol. The molecule has 148 valence electrons. The van der Waals surface area contributed by atoms with E-state index in [1.165, 1.54) is 6.07 Å². The molecule has 0 aliphatic rings. The minimum Gasteiger partial charge on any atom is -0.494 e. The van der Waals surface area contributed by atoms with Crippen LogP contribution in [-0.2, 0) is 14.8 Å². The predicted molar refractivity (Wildman–Crippen MR) is 109 cm³/mol. The fourth-order valence-electron chi connectivity index (χ4n) is 2.22. The second kappa shape index (κ2) is 9.59. The first-order valence-corrected chi connectivity index (χ1v) is 9.64. The molecule has 2 aromatic carbocycles. The van der Waals surface area contributed by atoms with Crippen LogP contribution in [0, 0.1) is 6.92 Å². The molecule has 0 spiro atoms. The van der Waals surface area contributed by atoms with E-state index in [1.807, 2.05) is 6.92 Å². The van der Waals surface area contributed by atoms with Gasteiger partial charge in [-0.1, -0.05) is 6.07 Å². The molecule has 7 nitrogen and oxygen atoms in total. The molecule has 0 fully saturated rings. The number of rotatable bonds is 7. The molecule has 0 aliphatic carbocycles. The third kappa shape index (κ3) is 6.13. The Labute approximate surface area is 165 Å². The number of nitrogens with two attached hydrogens (primary N) is 1. The number of sulfonamides is 1. The molecular formula is C18H24ClN3O4S. The molecule has 0 saturated carbocycles.